The van der Waals surface area contributed by atoms with Crippen molar-refractivity contribution >= 4 is 5.91 Å². The topological polar surface area (TPSA) is 38.8 Å². The van der Waals surface area contributed by atoms with Gasteiger partial charge in [0.15, 0.2) is 6.29 Å². The lowest BCUT2D eigenvalue weighted by Crippen LogP contribution is -2.31. The van der Waals surface area contributed by atoms with Crippen LogP contribution in [0.5, 0.6) is 0 Å². The van der Waals surface area contributed by atoms with E-state index in [1.807, 2.05) is 11.9 Å². The Balaban J connectivity index is 1.76. The van der Waals surface area contributed by atoms with Crippen LogP contribution >= 0.6 is 0 Å². The van der Waals surface area contributed by atoms with E-state index in [4.69, 9.17) is 9.47 Å². The van der Waals surface area contributed by atoms with Crippen LogP contribution < -0.4 is 0 Å². The number of nitrogens with zero attached hydrogens (tertiary/aromatic N) is 1. The molecule has 1 aliphatic heterocycles. The summed E-state index contributed by atoms with van der Waals surface area (Å²) in [7, 11) is 1.86. The molecule has 4 nitrogen and oxygen atoms in total. The Hall–Kier alpha value is -0.610. The lowest BCUT2D eigenvalue weighted by atomic mass is 10.3. The Morgan fingerprint density at radius 3 is 2.54 bits per heavy atom. The van der Waals surface area contributed by atoms with Gasteiger partial charge in [0, 0.05) is 13.1 Å². The molecule has 1 saturated heterocycles. The Labute approximate surface area is 77.8 Å². The maximum absolute atomic E-state index is 11.5. The van der Waals surface area contributed by atoms with E-state index in [0.717, 1.165) is 12.8 Å². The molecule has 1 saturated carbocycles. The van der Waals surface area contributed by atoms with Gasteiger partial charge in [-0.25, -0.2) is 0 Å². The van der Waals surface area contributed by atoms with Gasteiger partial charge in [-0.2, -0.15) is 0 Å². The van der Waals surface area contributed by atoms with Crippen LogP contribution in [0.2, 0.25) is 0 Å². The van der Waals surface area contributed by atoms with Crippen LogP contribution in [0.4, 0.5) is 0 Å². The van der Waals surface area contributed by atoms with Crippen molar-refractivity contribution in [1.82, 2.24) is 4.90 Å². The van der Waals surface area contributed by atoms with Crippen molar-refractivity contribution in [3.8, 4) is 0 Å². The lowest BCUT2D eigenvalue weighted by Gasteiger charge is -2.17. The summed E-state index contributed by atoms with van der Waals surface area (Å²) in [6, 6.07) is 0.480. The van der Waals surface area contributed by atoms with E-state index < -0.39 is 0 Å². The molecular formula is C9H15NO3. The van der Waals surface area contributed by atoms with Crippen molar-refractivity contribution in [3.05, 3.63) is 0 Å². The van der Waals surface area contributed by atoms with Crippen molar-refractivity contribution in [2.24, 2.45) is 0 Å². The molecule has 13 heavy (non-hydrogen) atoms. The predicted octanol–water partition coefficient (Wildman–Crippen LogP) is 0.370. The Morgan fingerprint density at radius 2 is 2.00 bits per heavy atom. The van der Waals surface area contributed by atoms with E-state index in [1.165, 1.54) is 0 Å². The molecule has 2 rings (SSSR count). The fraction of sp³-hybridized carbons (Fsp3) is 0.889. The number of hydrogen-bond donors (Lipinski definition) is 0. The minimum absolute atomic E-state index is 0.134. The summed E-state index contributed by atoms with van der Waals surface area (Å²) in [6.07, 6.45) is 2.37. The Kier molecular flexibility index (Phi) is 2.51. The first-order chi connectivity index (χ1) is 6.27. The van der Waals surface area contributed by atoms with E-state index in [1.54, 1.807) is 0 Å². The smallest absolute Gasteiger partial charge is 0.227 e. The zero-order valence-electron chi connectivity index (χ0n) is 7.86. The van der Waals surface area contributed by atoms with Crippen molar-refractivity contribution in [1.29, 1.82) is 0 Å². The van der Waals surface area contributed by atoms with Gasteiger partial charge in [-0.3, -0.25) is 4.79 Å². The van der Waals surface area contributed by atoms with Gasteiger partial charge in [0.1, 0.15) is 0 Å². The number of hydrogen-bond acceptors (Lipinski definition) is 3. The van der Waals surface area contributed by atoms with E-state index >= 15 is 0 Å². The molecule has 0 atom stereocenters. The second kappa shape index (κ2) is 3.64. The number of ether oxygens (including phenoxy) is 2. The van der Waals surface area contributed by atoms with Gasteiger partial charge >= 0.3 is 0 Å². The molecule has 1 heterocycles. The average molecular weight is 185 g/mol. The van der Waals surface area contributed by atoms with E-state index in [-0.39, 0.29) is 12.2 Å². The van der Waals surface area contributed by atoms with Crippen LogP contribution in [0.1, 0.15) is 19.3 Å². The largest absolute Gasteiger partial charge is 0.350 e. The summed E-state index contributed by atoms with van der Waals surface area (Å²) < 4.78 is 10.4. The van der Waals surface area contributed by atoms with Crippen molar-refractivity contribution in [2.45, 2.75) is 31.6 Å². The van der Waals surface area contributed by atoms with E-state index in [0.29, 0.717) is 25.7 Å². The molecule has 1 aliphatic carbocycles. The molecule has 0 bridgehead atoms. The monoisotopic (exact) mass is 185 g/mol. The SMILES string of the molecule is CN(C(=O)CC1OCCO1)C1CC1. The van der Waals surface area contributed by atoms with Gasteiger partial charge < -0.3 is 14.4 Å². The van der Waals surface area contributed by atoms with Gasteiger partial charge in [-0.15, -0.1) is 0 Å². The second-order valence-corrected chi connectivity index (χ2v) is 3.61. The molecule has 0 radical (unpaired) electrons. The average Bonchev–Trinajstić information content (AvgIpc) is 2.85. The van der Waals surface area contributed by atoms with Gasteiger partial charge in [-0.1, -0.05) is 0 Å². The lowest BCUT2D eigenvalue weighted by molar-refractivity contribution is -0.138. The maximum atomic E-state index is 11.5. The Bertz CT molecular complexity index is 197. The van der Waals surface area contributed by atoms with Crippen LogP contribution in [-0.4, -0.2) is 43.4 Å². The highest BCUT2D eigenvalue weighted by atomic mass is 16.7. The molecule has 2 aliphatic rings. The van der Waals surface area contributed by atoms with Crippen molar-refractivity contribution in [2.75, 3.05) is 20.3 Å². The number of amides is 1. The normalized spacial score (nSPS) is 23.5. The number of rotatable bonds is 3. The zero-order chi connectivity index (χ0) is 9.26. The molecule has 0 aromatic heterocycles. The first kappa shape index (κ1) is 8.97. The molecule has 0 aromatic rings. The maximum Gasteiger partial charge on any atom is 0.227 e. The number of carbonyl (C=O) groups excluding carboxylic acids is 1. The fourth-order valence-electron chi connectivity index (χ4n) is 1.48. The molecule has 4 heteroatoms. The Morgan fingerprint density at radius 1 is 1.38 bits per heavy atom. The first-order valence-electron chi connectivity index (χ1n) is 4.76. The summed E-state index contributed by atoms with van der Waals surface area (Å²) in [5.74, 6) is 0.134. The third-order valence-corrected chi connectivity index (χ3v) is 2.52. The second-order valence-electron chi connectivity index (χ2n) is 3.61. The molecular weight excluding hydrogens is 170 g/mol. The highest BCUT2D eigenvalue weighted by Crippen LogP contribution is 2.26. The summed E-state index contributed by atoms with van der Waals surface area (Å²) in [5.41, 5.74) is 0. The quantitative estimate of drug-likeness (QED) is 0.637. The molecule has 0 spiro atoms. The van der Waals surface area contributed by atoms with E-state index in [2.05, 4.69) is 0 Å². The van der Waals surface area contributed by atoms with Crippen LogP contribution in [0.25, 0.3) is 0 Å². The summed E-state index contributed by atoms with van der Waals surface area (Å²) >= 11 is 0. The van der Waals surface area contributed by atoms with Gasteiger partial charge in [0.25, 0.3) is 0 Å². The van der Waals surface area contributed by atoms with Gasteiger partial charge in [0.05, 0.1) is 19.6 Å². The minimum atomic E-state index is -0.298. The zero-order valence-corrected chi connectivity index (χ0v) is 7.86. The van der Waals surface area contributed by atoms with Crippen molar-refractivity contribution < 1.29 is 14.3 Å². The standard InChI is InChI=1S/C9H15NO3/c1-10(7-2-3-7)8(11)6-9-12-4-5-13-9/h7,9H,2-6H2,1H3. The third-order valence-electron chi connectivity index (χ3n) is 2.52. The summed E-state index contributed by atoms with van der Waals surface area (Å²) in [4.78, 5) is 13.4. The van der Waals surface area contributed by atoms with Crippen LogP contribution in [0.3, 0.4) is 0 Å². The molecule has 0 unspecified atom stereocenters. The van der Waals surface area contributed by atoms with Crippen LogP contribution in [-0.2, 0) is 14.3 Å². The van der Waals surface area contributed by atoms with Crippen LogP contribution in [0.15, 0.2) is 0 Å². The highest BCUT2D eigenvalue weighted by Gasteiger charge is 2.31. The molecule has 0 aromatic carbocycles. The third kappa shape index (κ3) is 2.19. The highest BCUT2D eigenvalue weighted by molar-refractivity contribution is 5.76. The fourth-order valence-corrected chi connectivity index (χ4v) is 1.48. The predicted molar refractivity (Wildman–Crippen MR) is 46.1 cm³/mol. The molecule has 2 fully saturated rings. The summed E-state index contributed by atoms with van der Waals surface area (Å²) in [5, 5.41) is 0. The molecule has 74 valence electrons. The van der Waals surface area contributed by atoms with Gasteiger partial charge in [-0.05, 0) is 12.8 Å². The molecule has 0 N–H and O–H groups in total. The van der Waals surface area contributed by atoms with E-state index in [9.17, 15) is 4.79 Å². The summed E-state index contributed by atoms with van der Waals surface area (Å²) in [6.45, 7) is 1.23. The minimum Gasteiger partial charge on any atom is -0.350 e. The van der Waals surface area contributed by atoms with Crippen molar-refractivity contribution in [3.63, 3.8) is 0 Å². The molecule has 1 amide bonds. The first-order valence-corrected chi connectivity index (χ1v) is 4.76. The van der Waals surface area contributed by atoms with Crippen LogP contribution in [0, 0.1) is 0 Å². The van der Waals surface area contributed by atoms with Gasteiger partial charge in [0.2, 0.25) is 5.91 Å². The number of carbonyl (C=O) groups is 1.